The maximum absolute atomic E-state index is 13.1. The van der Waals surface area contributed by atoms with Gasteiger partial charge in [0, 0.05) is 10.0 Å². The number of amides is 2. The summed E-state index contributed by atoms with van der Waals surface area (Å²) in [5, 5.41) is 6.68. The number of benzene rings is 4. The van der Waals surface area contributed by atoms with Crippen LogP contribution < -0.4 is 25.0 Å². The first kappa shape index (κ1) is 27.4. The van der Waals surface area contributed by atoms with Crippen LogP contribution in [0.1, 0.15) is 31.8 Å². The van der Waals surface area contributed by atoms with E-state index in [1.165, 1.54) is 12.3 Å². The highest BCUT2D eigenvalue weighted by atomic mass is 79.9. The van der Waals surface area contributed by atoms with E-state index in [4.69, 9.17) is 14.2 Å². The second-order valence-corrected chi connectivity index (χ2v) is 9.49. The number of esters is 1. The molecule has 0 aromatic heterocycles. The molecule has 0 aliphatic carbocycles. The molecule has 10 heteroatoms. The molecule has 2 amide bonds. The number of carbonyl (C=O) groups is 3. The van der Waals surface area contributed by atoms with Crippen molar-refractivity contribution < 1.29 is 28.6 Å². The van der Waals surface area contributed by atoms with Gasteiger partial charge < -0.3 is 19.5 Å². The number of nitrogens with one attached hydrogen (secondary N) is 2. The van der Waals surface area contributed by atoms with Crippen molar-refractivity contribution in [1.82, 2.24) is 10.7 Å². The van der Waals surface area contributed by atoms with Crippen molar-refractivity contribution in [2.75, 3.05) is 6.79 Å². The maximum Gasteiger partial charge on any atom is 0.344 e. The molecule has 2 N–H and O–H groups in total. The number of carbonyl (C=O) groups excluding carboxylic acids is 3. The van der Waals surface area contributed by atoms with Gasteiger partial charge in [0.15, 0.2) is 11.5 Å². The summed E-state index contributed by atoms with van der Waals surface area (Å²) in [7, 11) is 0. The number of ether oxygens (including phenoxy) is 3. The van der Waals surface area contributed by atoms with Crippen LogP contribution in [0.15, 0.2) is 112 Å². The number of halogens is 1. The first-order chi connectivity index (χ1) is 20.0. The highest BCUT2D eigenvalue weighted by Crippen LogP contribution is 2.33. The second-order valence-electron chi connectivity index (χ2n) is 8.63. The minimum absolute atomic E-state index is 0.0361. The Labute approximate surface area is 243 Å². The fraction of sp³-hybridized carbons (Fsp3) is 0.0323. The molecule has 0 radical (unpaired) electrons. The fourth-order valence-corrected chi connectivity index (χ4v) is 4.23. The van der Waals surface area contributed by atoms with Gasteiger partial charge >= 0.3 is 5.97 Å². The van der Waals surface area contributed by atoms with Crippen LogP contribution in [0, 0.1) is 0 Å². The Hall–Kier alpha value is -5.22. The van der Waals surface area contributed by atoms with Gasteiger partial charge in [-0.3, -0.25) is 9.59 Å². The van der Waals surface area contributed by atoms with Crippen LogP contribution in [-0.2, 0) is 4.79 Å². The molecule has 1 heterocycles. The maximum atomic E-state index is 13.1. The molecule has 0 unspecified atom stereocenters. The molecule has 5 rings (SSSR count). The lowest BCUT2D eigenvalue weighted by atomic mass is 10.1. The minimum atomic E-state index is -0.653. The van der Waals surface area contributed by atoms with Crippen LogP contribution >= 0.6 is 15.9 Å². The number of rotatable bonds is 8. The quantitative estimate of drug-likeness (QED) is 0.0916. The molecule has 0 atom stereocenters. The lowest BCUT2D eigenvalue weighted by molar-refractivity contribution is -0.117. The Bertz CT molecular complexity index is 1670. The molecule has 41 heavy (non-hydrogen) atoms. The van der Waals surface area contributed by atoms with E-state index in [2.05, 4.69) is 31.8 Å². The number of hydrazone groups is 1. The van der Waals surface area contributed by atoms with Gasteiger partial charge in [0.1, 0.15) is 11.4 Å². The second kappa shape index (κ2) is 12.8. The van der Waals surface area contributed by atoms with Crippen LogP contribution in [0.5, 0.6) is 17.2 Å². The van der Waals surface area contributed by atoms with Crippen molar-refractivity contribution in [3.05, 3.63) is 129 Å². The molecule has 204 valence electrons. The summed E-state index contributed by atoms with van der Waals surface area (Å²) in [6.07, 6.45) is 2.90. The first-order valence-corrected chi connectivity index (χ1v) is 13.1. The Balaban J connectivity index is 1.30. The first-order valence-electron chi connectivity index (χ1n) is 12.3. The molecule has 0 fully saturated rings. The summed E-state index contributed by atoms with van der Waals surface area (Å²) in [5.41, 5.74) is 4.34. The zero-order valence-corrected chi connectivity index (χ0v) is 23.0. The van der Waals surface area contributed by atoms with E-state index < -0.39 is 17.8 Å². The largest absolute Gasteiger partial charge is 0.454 e. The molecule has 0 spiro atoms. The Kier molecular flexibility index (Phi) is 8.51. The lowest BCUT2D eigenvalue weighted by Crippen LogP contribution is -2.32. The van der Waals surface area contributed by atoms with Crippen molar-refractivity contribution in [3.8, 4) is 17.2 Å². The third-order valence-corrected chi connectivity index (χ3v) is 6.47. The summed E-state index contributed by atoms with van der Waals surface area (Å²) in [5.74, 6) is -0.204. The van der Waals surface area contributed by atoms with E-state index in [-0.39, 0.29) is 12.5 Å². The lowest BCUT2D eigenvalue weighted by Gasteiger charge is -2.09. The average Bonchev–Trinajstić information content (AvgIpc) is 3.46. The Morgan fingerprint density at radius 2 is 1.61 bits per heavy atom. The van der Waals surface area contributed by atoms with Gasteiger partial charge in [-0.1, -0.05) is 48.5 Å². The van der Waals surface area contributed by atoms with Crippen molar-refractivity contribution in [2.24, 2.45) is 5.10 Å². The van der Waals surface area contributed by atoms with E-state index >= 15 is 0 Å². The smallest absolute Gasteiger partial charge is 0.344 e. The van der Waals surface area contributed by atoms with Gasteiger partial charge in [0.05, 0.1) is 11.8 Å². The van der Waals surface area contributed by atoms with Crippen LogP contribution in [-0.4, -0.2) is 30.8 Å². The SMILES string of the molecule is O=C(N/N=C/c1cccc(OC(=O)c2ccccc2Br)c1)/C(=C\c1ccc2c(c1)OCO2)NC(=O)c1ccccc1. The fourth-order valence-electron chi connectivity index (χ4n) is 3.78. The highest BCUT2D eigenvalue weighted by molar-refractivity contribution is 9.10. The van der Waals surface area contributed by atoms with Crippen molar-refractivity contribution in [3.63, 3.8) is 0 Å². The molecule has 4 aromatic rings. The molecular weight excluding hydrogens is 590 g/mol. The van der Waals surface area contributed by atoms with E-state index in [1.807, 2.05) is 0 Å². The summed E-state index contributed by atoms with van der Waals surface area (Å²) in [6.45, 7) is 0.111. The molecule has 1 aliphatic heterocycles. The molecule has 1 aliphatic rings. The summed E-state index contributed by atoms with van der Waals surface area (Å²) in [6, 6.07) is 27.3. The van der Waals surface area contributed by atoms with Crippen LogP contribution in [0.4, 0.5) is 0 Å². The van der Waals surface area contributed by atoms with Crippen molar-refractivity contribution in [2.45, 2.75) is 0 Å². The van der Waals surface area contributed by atoms with Crippen LogP contribution in [0.25, 0.3) is 6.08 Å². The van der Waals surface area contributed by atoms with E-state index in [0.717, 1.165) is 0 Å². The minimum Gasteiger partial charge on any atom is -0.454 e. The van der Waals surface area contributed by atoms with Gasteiger partial charge in [0.2, 0.25) is 6.79 Å². The molecule has 0 bridgehead atoms. The normalized spacial score (nSPS) is 12.2. The van der Waals surface area contributed by atoms with Crippen molar-refractivity contribution >= 4 is 46.0 Å². The third kappa shape index (κ3) is 7.06. The van der Waals surface area contributed by atoms with E-state index in [9.17, 15) is 14.4 Å². The predicted octanol–water partition coefficient (Wildman–Crippen LogP) is 5.32. The topological polar surface area (TPSA) is 115 Å². The highest BCUT2D eigenvalue weighted by Gasteiger charge is 2.17. The van der Waals surface area contributed by atoms with E-state index in [0.29, 0.717) is 44.0 Å². The van der Waals surface area contributed by atoms with Crippen molar-refractivity contribution in [1.29, 1.82) is 0 Å². The van der Waals surface area contributed by atoms with Gasteiger partial charge in [0.25, 0.3) is 11.8 Å². The van der Waals surface area contributed by atoms with Gasteiger partial charge in [-0.25, -0.2) is 10.2 Å². The number of hydrogen-bond donors (Lipinski definition) is 2. The monoisotopic (exact) mass is 611 g/mol. The summed E-state index contributed by atoms with van der Waals surface area (Å²) < 4.78 is 16.9. The van der Waals surface area contributed by atoms with Gasteiger partial charge in [-0.15, -0.1) is 0 Å². The number of hydrogen-bond acceptors (Lipinski definition) is 7. The number of fused-ring (bicyclic) bond motifs is 1. The molecule has 0 saturated heterocycles. The van der Waals surface area contributed by atoms with Crippen LogP contribution in [0.2, 0.25) is 0 Å². The zero-order valence-electron chi connectivity index (χ0n) is 21.4. The number of nitrogens with zero attached hydrogens (tertiary/aromatic N) is 1. The zero-order chi connectivity index (χ0) is 28.6. The molecule has 9 nitrogen and oxygen atoms in total. The van der Waals surface area contributed by atoms with Crippen LogP contribution in [0.3, 0.4) is 0 Å². The Morgan fingerprint density at radius 3 is 2.44 bits per heavy atom. The van der Waals surface area contributed by atoms with Gasteiger partial charge in [-0.05, 0) is 81.7 Å². The molecular formula is C31H22BrN3O6. The third-order valence-electron chi connectivity index (χ3n) is 5.78. The predicted molar refractivity (Wildman–Crippen MR) is 156 cm³/mol. The Morgan fingerprint density at radius 1 is 0.829 bits per heavy atom. The standard InChI is InChI=1S/C31H22BrN3O6/c32-25-12-5-4-11-24(25)31(38)41-23-10-6-7-21(15-23)18-33-35-30(37)26(34-29(36)22-8-2-1-3-9-22)16-20-13-14-27-28(17-20)40-19-39-27/h1-18H,19H2,(H,34,36)(H,35,37)/b26-16+,33-18+. The van der Waals surface area contributed by atoms with E-state index in [1.54, 1.807) is 97.1 Å². The molecule has 4 aromatic carbocycles. The van der Waals surface area contributed by atoms with Gasteiger partial charge in [-0.2, -0.15) is 5.10 Å². The summed E-state index contributed by atoms with van der Waals surface area (Å²) >= 11 is 3.34. The summed E-state index contributed by atoms with van der Waals surface area (Å²) in [4.78, 5) is 38.5. The molecule has 0 saturated carbocycles. The average molecular weight is 612 g/mol.